The molecule has 0 saturated carbocycles. The van der Waals surface area contributed by atoms with Crippen LogP contribution in [0.15, 0.2) is 28.7 Å². The predicted octanol–water partition coefficient (Wildman–Crippen LogP) is 3.31. The molecular formula is C16H22BrN3O. The van der Waals surface area contributed by atoms with E-state index in [4.69, 9.17) is 4.74 Å². The minimum atomic E-state index is 0.810. The Morgan fingerprint density at radius 1 is 1.33 bits per heavy atom. The lowest BCUT2D eigenvalue weighted by Gasteiger charge is -2.10. The highest BCUT2D eigenvalue weighted by atomic mass is 79.9. The maximum atomic E-state index is 5.37. The van der Waals surface area contributed by atoms with Crippen molar-refractivity contribution < 1.29 is 4.74 Å². The molecule has 4 nitrogen and oxygen atoms in total. The number of halogens is 1. The molecule has 0 radical (unpaired) electrons. The van der Waals surface area contributed by atoms with Gasteiger partial charge in [0, 0.05) is 13.1 Å². The van der Waals surface area contributed by atoms with E-state index in [0.29, 0.717) is 0 Å². The Kier molecular flexibility index (Phi) is 5.82. The molecule has 1 aromatic carbocycles. The van der Waals surface area contributed by atoms with Crippen molar-refractivity contribution in [2.24, 2.45) is 0 Å². The van der Waals surface area contributed by atoms with Crippen LogP contribution in [0.3, 0.4) is 0 Å². The molecule has 1 N–H and O–H groups in total. The molecular weight excluding hydrogens is 330 g/mol. The van der Waals surface area contributed by atoms with Crippen LogP contribution in [0.25, 0.3) is 0 Å². The largest absolute Gasteiger partial charge is 0.496 e. The highest BCUT2D eigenvalue weighted by Gasteiger charge is 2.11. The summed E-state index contributed by atoms with van der Waals surface area (Å²) in [6.07, 6.45) is 0.945. The number of benzene rings is 1. The number of para-hydroxylation sites is 1. The molecule has 5 heteroatoms. The van der Waals surface area contributed by atoms with Gasteiger partial charge in [-0.15, -0.1) is 0 Å². The predicted molar refractivity (Wildman–Crippen MR) is 88.7 cm³/mol. The van der Waals surface area contributed by atoms with Crippen molar-refractivity contribution in [2.45, 2.75) is 33.4 Å². The van der Waals surface area contributed by atoms with Gasteiger partial charge in [-0.25, -0.2) is 0 Å². The topological polar surface area (TPSA) is 39.1 Å². The standard InChI is InChI=1S/C16H22BrN3O/c1-4-20-14(16(17)12(2)19-20)11-18-10-9-13-7-5-6-8-15(13)21-3/h5-8,18H,4,9-11H2,1-3H3. The zero-order chi connectivity index (χ0) is 15.2. The fourth-order valence-corrected chi connectivity index (χ4v) is 2.80. The summed E-state index contributed by atoms with van der Waals surface area (Å²) in [7, 11) is 1.71. The molecule has 21 heavy (non-hydrogen) atoms. The molecule has 0 amide bonds. The second-order valence-corrected chi connectivity index (χ2v) is 5.69. The van der Waals surface area contributed by atoms with Gasteiger partial charge in [-0.05, 0) is 54.4 Å². The van der Waals surface area contributed by atoms with Gasteiger partial charge in [-0.2, -0.15) is 5.10 Å². The molecule has 1 heterocycles. The van der Waals surface area contributed by atoms with Gasteiger partial charge in [0.1, 0.15) is 5.75 Å². The monoisotopic (exact) mass is 351 g/mol. The van der Waals surface area contributed by atoms with Gasteiger partial charge < -0.3 is 10.1 Å². The third-order valence-electron chi connectivity index (χ3n) is 3.51. The number of nitrogens with zero attached hydrogens (tertiary/aromatic N) is 2. The second-order valence-electron chi connectivity index (χ2n) is 4.90. The van der Waals surface area contributed by atoms with Gasteiger partial charge in [0.15, 0.2) is 0 Å². The van der Waals surface area contributed by atoms with Crippen molar-refractivity contribution in [1.82, 2.24) is 15.1 Å². The van der Waals surface area contributed by atoms with Gasteiger partial charge in [-0.3, -0.25) is 4.68 Å². The highest BCUT2D eigenvalue weighted by Crippen LogP contribution is 2.21. The molecule has 0 saturated heterocycles. The molecule has 0 bridgehead atoms. The summed E-state index contributed by atoms with van der Waals surface area (Å²) >= 11 is 3.62. The zero-order valence-corrected chi connectivity index (χ0v) is 14.4. The van der Waals surface area contributed by atoms with E-state index in [0.717, 1.165) is 42.0 Å². The number of aromatic nitrogens is 2. The second kappa shape index (κ2) is 7.61. The highest BCUT2D eigenvalue weighted by molar-refractivity contribution is 9.10. The first-order chi connectivity index (χ1) is 10.2. The lowest BCUT2D eigenvalue weighted by molar-refractivity contribution is 0.409. The number of hydrogen-bond donors (Lipinski definition) is 1. The molecule has 114 valence electrons. The van der Waals surface area contributed by atoms with Gasteiger partial charge in [0.25, 0.3) is 0 Å². The number of nitrogens with one attached hydrogen (secondary N) is 1. The van der Waals surface area contributed by atoms with Crippen LogP contribution in [0.2, 0.25) is 0 Å². The summed E-state index contributed by atoms with van der Waals surface area (Å²) < 4.78 is 8.51. The first kappa shape index (κ1) is 16.0. The third kappa shape index (κ3) is 3.86. The Balaban J connectivity index is 1.90. The number of methoxy groups -OCH3 is 1. The number of aryl methyl sites for hydroxylation is 2. The zero-order valence-electron chi connectivity index (χ0n) is 12.8. The van der Waals surface area contributed by atoms with Gasteiger partial charge in [0.2, 0.25) is 0 Å². The number of ether oxygens (including phenoxy) is 1. The van der Waals surface area contributed by atoms with Gasteiger partial charge in [0.05, 0.1) is 23.0 Å². The summed E-state index contributed by atoms with van der Waals surface area (Å²) in [5.41, 5.74) is 3.47. The van der Waals surface area contributed by atoms with Crippen molar-refractivity contribution >= 4 is 15.9 Å². The molecule has 0 spiro atoms. The van der Waals surface area contributed by atoms with E-state index in [1.807, 2.05) is 29.8 Å². The maximum Gasteiger partial charge on any atom is 0.122 e. The molecule has 0 aliphatic carbocycles. The van der Waals surface area contributed by atoms with E-state index in [9.17, 15) is 0 Å². The lowest BCUT2D eigenvalue weighted by Crippen LogP contribution is -2.19. The minimum absolute atomic E-state index is 0.810. The quantitative estimate of drug-likeness (QED) is 0.777. The summed E-state index contributed by atoms with van der Waals surface area (Å²) in [5, 5.41) is 7.99. The van der Waals surface area contributed by atoms with E-state index in [2.05, 4.69) is 39.3 Å². The maximum absolute atomic E-state index is 5.37. The molecule has 2 aromatic rings. The van der Waals surface area contributed by atoms with Crippen LogP contribution >= 0.6 is 15.9 Å². The van der Waals surface area contributed by atoms with Crippen LogP contribution in [-0.2, 0) is 19.5 Å². The molecule has 0 atom stereocenters. The summed E-state index contributed by atoms with van der Waals surface area (Å²) in [5.74, 6) is 0.954. The Bertz CT molecular complexity index is 595. The van der Waals surface area contributed by atoms with E-state index in [1.165, 1.54) is 11.3 Å². The lowest BCUT2D eigenvalue weighted by atomic mass is 10.1. The van der Waals surface area contributed by atoms with Crippen LogP contribution in [0.5, 0.6) is 5.75 Å². The van der Waals surface area contributed by atoms with Gasteiger partial charge in [-0.1, -0.05) is 18.2 Å². The Hall–Kier alpha value is -1.33. The normalized spacial score (nSPS) is 10.9. The van der Waals surface area contributed by atoms with Crippen molar-refractivity contribution in [3.05, 3.63) is 45.7 Å². The molecule has 0 aliphatic heterocycles. The van der Waals surface area contributed by atoms with Crippen molar-refractivity contribution in [2.75, 3.05) is 13.7 Å². The number of hydrogen-bond acceptors (Lipinski definition) is 3. The van der Waals surface area contributed by atoms with Crippen molar-refractivity contribution in [1.29, 1.82) is 0 Å². The van der Waals surface area contributed by atoms with Crippen LogP contribution in [0, 0.1) is 6.92 Å². The molecule has 1 aromatic heterocycles. The summed E-state index contributed by atoms with van der Waals surface area (Å²) in [6, 6.07) is 8.15. The van der Waals surface area contributed by atoms with E-state index >= 15 is 0 Å². The van der Waals surface area contributed by atoms with Crippen LogP contribution in [0.1, 0.15) is 23.9 Å². The van der Waals surface area contributed by atoms with E-state index < -0.39 is 0 Å². The van der Waals surface area contributed by atoms with Crippen molar-refractivity contribution in [3.63, 3.8) is 0 Å². The minimum Gasteiger partial charge on any atom is -0.496 e. The Morgan fingerprint density at radius 3 is 2.81 bits per heavy atom. The summed E-state index contributed by atoms with van der Waals surface area (Å²) in [6.45, 7) is 6.73. The molecule has 2 rings (SSSR count). The smallest absolute Gasteiger partial charge is 0.122 e. The Morgan fingerprint density at radius 2 is 2.10 bits per heavy atom. The fraction of sp³-hybridized carbons (Fsp3) is 0.438. The SMILES string of the molecule is CCn1nc(C)c(Br)c1CNCCc1ccccc1OC. The average Bonchev–Trinajstić information content (AvgIpc) is 2.79. The third-order valence-corrected chi connectivity index (χ3v) is 4.54. The van der Waals surface area contributed by atoms with Crippen LogP contribution in [-0.4, -0.2) is 23.4 Å². The first-order valence-corrected chi connectivity index (χ1v) is 8.01. The van der Waals surface area contributed by atoms with Crippen LogP contribution in [0.4, 0.5) is 0 Å². The molecule has 0 fully saturated rings. The molecule has 0 unspecified atom stereocenters. The number of rotatable bonds is 7. The van der Waals surface area contributed by atoms with E-state index in [-0.39, 0.29) is 0 Å². The van der Waals surface area contributed by atoms with Crippen LogP contribution < -0.4 is 10.1 Å². The molecule has 0 aliphatic rings. The van der Waals surface area contributed by atoms with Gasteiger partial charge >= 0.3 is 0 Å². The Labute approximate surface area is 134 Å². The summed E-state index contributed by atoms with van der Waals surface area (Å²) in [4.78, 5) is 0. The fourth-order valence-electron chi connectivity index (χ4n) is 2.38. The van der Waals surface area contributed by atoms with Crippen molar-refractivity contribution in [3.8, 4) is 5.75 Å². The first-order valence-electron chi connectivity index (χ1n) is 7.21. The average molecular weight is 352 g/mol. The van der Waals surface area contributed by atoms with E-state index in [1.54, 1.807) is 7.11 Å².